The van der Waals surface area contributed by atoms with Gasteiger partial charge in [0.15, 0.2) is 0 Å². The smallest absolute Gasteiger partial charge is 0.0316 e. The molecule has 1 unspecified atom stereocenters. The Bertz CT molecular complexity index is 110. The average Bonchev–Trinajstić information content (AvgIpc) is 1.90. The summed E-state index contributed by atoms with van der Waals surface area (Å²) in [5.41, 5.74) is 0.166. The largest absolute Gasteiger partial charge is 0.237 e. The van der Waals surface area contributed by atoms with Crippen molar-refractivity contribution >= 4 is 0 Å². The van der Waals surface area contributed by atoms with Crippen molar-refractivity contribution in [1.29, 1.82) is 0 Å². The fraction of sp³-hybridized carbons (Fsp3) is 1.00. The molecule has 10 heavy (non-hydrogen) atoms. The molecule has 1 fully saturated rings. The van der Waals surface area contributed by atoms with Gasteiger partial charge < -0.3 is 0 Å². The number of nitrogens with zero attached hydrogens (tertiary/aromatic N) is 2. The van der Waals surface area contributed by atoms with Crippen LogP contribution in [0, 0.1) is 0 Å². The maximum absolute atomic E-state index is 4.51. The molecule has 0 aliphatic carbocycles. The van der Waals surface area contributed by atoms with Crippen molar-refractivity contribution < 1.29 is 0 Å². The van der Waals surface area contributed by atoms with Crippen LogP contribution in [0.2, 0.25) is 0 Å². The molecule has 1 atom stereocenters. The van der Waals surface area contributed by atoms with E-state index in [0.29, 0.717) is 6.04 Å². The molecule has 0 amide bonds. The Morgan fingerprint density at radius 1 is 1.30 bits per heavy atom. The second-order valence-electron chi connectivity index (χ2n) is 3.65. The molecule has 1 rings (SSSR count). The van der Waals surface area contributed by atoms with Gasteiger partial charge in [-0.1, -0.05) is 0 Å². The van der Waals surface area contributed by atoms with Crippen LogP contribution in [0.25, 0.3) is 0 Å². The molecule has 0 spiro atoms. The van der Waals surface area contributed by atoms with Crippen LogP contribution in [0.5, 0.6) is 0 Å². The van der Waals surface area contributed by atoms with Gasteiger partial charge >= 0.3 is 0 Å². The van der Waals surface area contributed by atoms with Gasteiger partial charge in [0.25, 0.3) is 0 Å². The normalized spacial score (nSPS) is 33.3. The first-order chi connectivity index (χ1) is 4.60. The minimum Gasteiger partial charge on any atom is -0.237 e. The maximum Gasteiger partial charge on any atom is 0.0316 e. The van der Waals surface area contributed by atoms with Crippen LogP contribution in [0.15, 0.2) is 0 Å². The molecule has 2 radical (unpaired) electrons. The molecule has 58 valence electrons. The Morgan fingerprint density at radius 2 is 2.00 bits per heavy atom. The highest BCUT2D eigenvalue weighted by molar-refractivity contribution is 4.84. The third kappa shape index (κ3) is 2.27. The van der Waals surface area contributed by atoms with E-state index < -0.39 is 0 Å². The van der Waals surface area contributed by atoms with Crippen LogP contribution < -0.4 is 10.6 Å². The van der Waals surface area contributed by atoms with Crippen molar-refractivity contribution in [2.45, 2.75) is 38.8 Å². The van der Waals surface area contributed by atoms with Crippen molar-refractivity contribution in [3.05, 3.63) is 0 Å². The number of rotatable bonds is 0. The molecule has 1 heterocycles. The van der Waals surface area contributed by atoms with Crippen molar-refractivity contribution in [1.82, 2.24) is 10.6 Å². The molecule has 1 saturated heterocycles. The lowest BCUT2D eigenvalue weighted by atomic mass is 9.97. The van der Waals surface area contributed by atoms with Gasteiger partial charge in [0.1, 0.15) is 0 Å². The van der Waals surface area contributed by atoms with Gasteiger partial charge in [-0.3, -0.25) is 0 Å². The molecule has 2 heteroatoms. The Labute approximate surface area is 63.4 Å². The zero-order valence-corrected chi connectivity index (χ0v) is 7.09. The van der Waals surface area contributed by atoms with Crippen molar-refractivity contribution in [2.75, 3.05) is 13.1 Å². The van der Waals surface area contributed by atoms with Crippen LogP contribution in [-0.2, 0) is 0 Å². The van der Waals surface area contributed by atoms with E-state index in [1.807, 2.05) is 0 Å². The van der Waals surface area contributed by atoms with Crippen LogP contribution >= 0.6 is 0 Å². The van der Waals surface area contributed by atoms with Gasteiger partial charge in [0, 0.05) is 24.7 Å². The zero-order valence-electron chi connectivity index (χ0n) is 7.09. The lowest BCUT2D eigenvalue weighted by molar-refractivity contribution is 0.356. The molecule has 1 aliphatic heterocycles. The van der Waals surface area contributed by atoms with E-state index in [4.69, 9.17) is 0 Å². The fourth-order valence-electron chi connectivity index (χ4n) is 1.48. The standard InChI is InChI=1S/C8H16N2/c1-7-6-8(2,3)10-5-4-9-7/h7H,4-6H2,1-3H3. The van der Waals surface area contributed by atoms with Crippen LogP contribution in [0.4, 0.5) is 0 Å². The van der Waals surface area contributed by atoms with Crippen LogP contribution in [0.3, 0.4) is 0 Å². The van der Waals surface area contributed by atoms with Crippen molar-refractivity contribution in [3.8, 4) is 0 Å². The summed E-state index contributed by atoms with van der Waals surface area (Å²) in [6.45, 7) is 8.37. The minimum absolute atomic E-state index is 0.166. The molecule has 2 nitrogen and oxygen atoms in total. The minimum atomic E-state index is 0.166. The van der Waals surface area contributed by atoms with Crippen molar-refractivity contribution in [3.63, 3.8) is 0 Å². The van der Waals surface area contributed by atoms with Gasteiger partial charge in [0.05, 0.1) is 0 Å². The Hall–Kier alpha value is -0.0800. The molecular formula is C8H16N2. The summed E-state index contributed by atoms with van der Waals surface area (Å²) in [5.74, 6) is 0. The van der Waals surface area contributed by atoms with E-state index in [0.717, 1.165) is 19.5 Å². The molecule has 0 aromatic carbocycles. The third-order valence-electron chi connectivity index (χ3n) is 1.88. The highest BCUT2D eigenvalue weighted by Gasteiger charge is 2.24. The summed E-state index contributed by atoms with van der Waals surface area (Å²) in [6, 6.07) is 0.501. The lowest BCUT2D eigenvalue weighted by Gasteiger charge is -2.23. The topological polar surface area (TPSA) is 28.2 Å². The first kappa shape index (κ1) is 8.02. The first-order valence-electron chi connectivity index (χ1n) is 3.95. The summed E-state index contributed by atoms with van der Waals surface area (Å²) in [6.07, 6.45) is 1.10. The Morgan fingerprint density at radius 3 is 2.70 bits per heavy atom. The van der Waals surface area contributed by atoms with Gasteiger partial charge in [-0.25, -0.2) is 10.6 Å². The summed E-state index contributed by atoms with van der Waals surface area (Å²) in [5, 5.41) is 8.94. The fourth-order valence-corrected chi connectivity index (χ4v) is 1.48. The molecule has 0 N–H and O–H groups in total. The number of hydrogen-bond donors (Lipinski definition) is 0. The van der Waals surface area contributed by atoms with E-state index in [1.54, 1.807) is 0 Å². The second kappa shape index (κ2) is 2.89. The summed E-state index contributed by atoms with van der Waals surface area (Å²) in [4.78, 5) is 0. The molecule has 0 saturated carbocycles. The van der Waals surface area contributed by atoms with Gasteiger partial charge in [-0.15, -0.1) is 0 Å². The molecule has 0 bridgehead atoms. The van der Waals surface area contributed by atoms with Gasteiger partial charge in [-0.2, -0.15) is 0 Å². The number of hydrogen-bond acceptors (Lipinski definition) is 0. The predicted octanol–water partition coefficient (Wildman–Crippen LogP) is 0.766. The first-order valence-corrected chi connectivity index (χ1v) is 3.95. The van der Waals surface area contributed by atoms with Crippen LogP contribution in [0.1, 0.15) is 27.2 Å². The molecule has 0 aromatic heterocycles. The SMILES string of the molecule is CC1CC(C)(C)[N]CC[N]1. The maximum atomic E-state index is 4.51. The monoisotopic (exact) mass is 140 g/mol. The van der Waals surface area contributed by atoms with Crippen molar-refractivity contribution in [2.24, 2.45) is 0 Å². The quantitative estimate of drug-likeness (QED) is 0.475. The van der Waals surface area contributed by atoms with Crippen LogP contribution in [-0.4, -0.2) is 24.7 Å². The molecule has 0 aromatic rings. The molecule has 1 aliphatic rings. The van der Waals surface area contributed by atoms with E-state index in [9.17, 15) is 0 Å². The predicted molar refractivity (Wildman–Crippen MR) is 42.2 cm³/mol. The second-order valence-corrected chi connectivity index (χ2v) is 3.65. The third-order valence-corrected chi connectivity index (χ3v) is 1.88. The zero-order chi connectivity index (χ0) is 7.61. The highest BCUT2D eigenvalue weighted by atomic mass is 15.0. The summed E-state index contributed by atoms with van der Waals surface area (Å²) >= 11 is 0. The van der Waals surface area contributed by atoms with Gasteiger partial charge in [-0.05, 0) is 27.2 Å². The average molecular weight is 140 g/mol. The van der Waals surface area contributed by atoms with Gasteiger partial charge in [0.2, 0.25) is 0 Å². The van der Waals surface area contributed by atoms with E-state index in [-0.39, 0.29) is 5.54 Å². The van der Waals surface area contributed by atoms with E-state index in [2.05, 4.69) is 31.4 Å². The Kier molecular flexibility index (Phi) is 2.32. The molecular weight excluding hydrogens is 124 g/mol. The summed E-state index contributed by atoms with van der Waals surface area (Å²) < 4.78 is 0. The Balaban J connectivity index is 2.46. The summed E-state index contributed by atoms with van der Waals surface area (Å²) in [7, 11) is 0. The van der Waals surface area contributed by atoms with E-state index in [1.165, 1.54) is 0 Å². The highest BCUT2D eigenvalue weighted by Crippen LogP contribution is 2.14. The lowest BCUT2D eigenvalue weighted by Crippen LogP contribution is -2.34. The van der Waals surface area contributed by atoms with E-state index >= 15 is 0 Å².